The molecule has 28 heavy (non-hydrogen) atoms. The molecule has 1 fully saturated rings. The number of carbonyl (C=O) groups excluding carboxylic acids is 1. The number of hydrogen-bond donors (Lipinski definition) is 0. The fourth-order valence-electron chi connectivity index (χ4n) is 3.73. The number of halogens is 1. The summed E-state index contributed by atoms with van der Waals surface area (Å²) in [6.07, 6.45) is 3.17. The molecule has 0 amide bonds. The van der Waals surface area contributed by atoms with Gasteiger partial charge in [-0.1, -0.05) is 47.7 Å². The second-order valence-corrected chi connectivity index (χ2v) is 8.15. The number of thiazole rings is 1. The van der Waals surface area contributed by atoms with E-state index in [-0.39, 0.29) is 17.7 Å². The lowest BCUT2D eigenvalue weighted by molar-refractivity contribution is -0.107. The van der Waals surface area contributed by atoms with E-state index in [9.17, 15) is 9.18 Å². The number of hydrogen-bond acceptors (Lipinski definition) is 4. The second kappa shape index (κ2) is 6.60. The van der Waals surface area contributed by atoms with Gasteiger partial charge >= 0.3 is 0 Å². The van der Waals surface area contributed by atoms with Gasteiger partial charge in [-0.25, -0.2) is 14.4 Å². The van der Waals surface area contributed by atoms with Gasteiger partial charge in [0.15, 0.2) is 0 Å². The minimum atomic E-state index is -0.360. The third-order valence-corrected chi connectivity index (χ3v) is 6.40. The van der Waals surface area contributed by atoms with Crippen molar-refractivity contribution >= 4 is 28.0 Å². The molecule has 2 aromatic heterocycles. The van der Waals surface area contributed by atoms with Crippen molar-refractivity contribution in [3.05, 3.63) is 83.3 Å². The van der Waals surface area contributed by atoms with Crippen molar-refractivity contribution in [2.24, 2.45) is 0 Å². The summed E-state index contributed by atoms with van der Waals surface area (Å²) in [5, 5.41) is 0.611. The lowest BCUT2D eigenvalue weighted by atomic mass is 9.92. The number of carbonyl (C=O) groups is 1. The molecule has 1 aliphatic carbocycles. The van der Waals surface area contributed by atoms with Crippen LogP contribution in [0.2, 0.25) is 0 Å². The minimum Gasteiger partial charge on any atom is -0.303 e. The summed E-state index contributed by atoms with van der Waals surface area (Å²) in [6, 6.07) is 19.4. The summed E-state index contributed by atoms with van der Waals surface area (Å²) in [6.45, 7) is 0. The number of benzene rings is 2. The van der Waals surface area contributed by atoms with Gasteiger partial charge in [0, 0.05) is 17.4 Å². The average molecular weight is 388 g/mol. The molecule has 0 N–H and O–H groups in total. The first kappa shape index (κ1) is 17.2. The Morgan fingerprint density at radius 3 is 2.57 bits per heavy atom. The molecule has 0 bridgehead atoms. The van der Waals surface area contributed by atoms with E-state index in [1.165, 1.54) is 23.0 Å². The molecule has 138 valence electrons. The molecule has 0 unspecified atom stereocenters. The second-order valence-electron chi connectivity index (χ2n) is 7.17. The standard InChI is InChI=1S/C23H17FN2OS/c24-18-14-15(10-13-27)6-7-17(18)21-25-19-8-9-20(26-22(19)28-21)23(11-12-23)16-4-2-1-3-5-16/h1-9,13-14H,10-12H2. The minimum absolute atomic E-state index is 0.00132. The van der Waals surface area contributed by atoms with Crippen LogP contribution in [0.4, 0.5) is 4.39 Å². The summed E-state index contributed by atoms with van der Waals surface area (Å²) >= 11 is 1.41. The van der Waals surface area contributed by atoms with Crippen molar-refractivity contribution in [2.45, 2.75) is 24.7 Å². The highest BCUT2D eigenvalue weighted by Gasteiger charge is 2.47. The Hall–Kier alpha value is -2.92. The Kier molecular flexibility index (Phi) is 4.05. The molecular formula is C23H17FN2OS. The molecule has 5 heteroatoms. The van der Waals surface area contributed by atoms with Crippen LogP contribution in [-0.4, -0.2) is 16.3 Å². The summed E-state index contributed by atoms with van der Waals surface area (Å²) in [4.78, 5) is 20.9. The van der Waals surface area contributed by atoms with Crippen molar-refractivity contribution in [3.63, 3.8) is 0 Å². The molecule has 1 aliphatic rings. The Balaban J connectivity index is 1.54. The van der Waals surface area contributed by atoms with Crippen LogP contribution in [-0.2, 0) is 16.6 Å². The van der Waals surface area contributed by atoms with Crippen LogP contribution in [0.3, 0.4) is 0 Å². The van der Waals surface area contributed by atoms with Crippen LogP contribution in [0.5, 0.6) is 0 Å². The predicted octanol–water partition coefficient (Wildman–Crippen LogP) is 5.32. The molecule has 2 heterocycles. The molecule has 1 saturated carbocycles. The van der Waals surface area contributed by atoms with E-state index in [1.54, 1.807) is 12.1 Å². The van der Waals surface area contributed by atoms with E-state index in [4.69, 9.17) is 4.98 Å². The maximum Gasteiger partial charge on any atom is 0.144 e. The number of nitrogens with zero attached hydrogens (tertiary/aromatic N) is 2. The van der Waals surface area contributed by atoms with Crippen LogP contribution in [0.15, 0.2) is 60.7 Å². The molecule has 2 aromatic carbocycles. The first-order chi connectivity index (χ1) is 13.7. The molecule has 0 aliphatic heterocycles. The number of rotatable bonds is 5. The van der Waals surface area contributed by atoms with Gasteiger partial charge in [0.1, 0.15) is 27.5 Å². The van der Waals surface area contributed by atoms with Crippen LogP contribution in [0, 0.1) is 5.82 Å². The smallest absolute Gasteiger partial charge is 0.144 e. The maximum absolute atomic E-state index is 14.5. The first-order valence-corrected chi connectivity index (χ1v) is 10.1. The van der Waals surface area contributed by atoms with Gasteiger partial charge in [-0.2, -0.15) is 0 Å². The lowest BCUT2D eigenvalue weighted by Crippen LogP contribution is -2.10. The summed E-state index contributed by atoms with van der Waals surface area (Å²) < 4.78 is 14.5. The number of fused-ring (bicyclic) bond motifs is 1. The summed E-state index contributed by atoms with van der Waals surface area (Å²) in [5.74, 6) is -0.360. The van der Waals surface area contributed by atoms with E-state index in [0.29, 0.717) is 16.1 Å². The molecule has 4 aromatic rings. The van der Waals surface area contributed by atoms with E-state index in [0.717, 1.165) is 35.2 Å². The first-order valence-electron chi connectivity index (χ1n) is 9.26. The van der Waals surface area contributed by atoms with E-state index >= 15 is 0 Å². The van der Waals surface area contributed by atoms with Gasteiger partial charge in [-0.05, 0) is 48.2 Å². The van der Waals surface area contributed by atoms with Gasteiger partial charge in [-0.15, -0.1) is 0 Å². The Bertz CT molecular complexity index is 1180. The Morgan fingerprint density at radius 1 is 1.04 bits per heavy atom. The third kappa shape index (κ3) is 2.83. The van der Waals surface area contributed by atoms with Crippen molar-refractivity contribution in [1.82, 2.24) is 9.97 Å². The molecule has 5 rings (SSSR count). The topological polar surface area (TPSA) is 42.9 Å². The molecule has 0 saturated heterocycles. The molecular weight excluding hydrogens is 371 g/mol. The Morgan fingerprint density at radius 2 is 1.86 bits per heavy atom. The van der Waals surface area contributed by atoms with Crippen LogP contribution < -0.4 is 0 Å². The average Bonchev–Trinajstić information content (AvgIpc) is 3.42. The molecule has 0 atom stereocenters. The maximum atomic E-state index is 14.5. The van der Waals surface area contributed by atoms with E-state index in [2.05, 4.69) is 35.3 Å². The third-order valence-electron chi connectivity index (χ3n) is 5.41. The predicted molar refractivity (Wildman–Crippen MR) is 109 cm³/mol. The molecule has 0 spiro atoms. The van der Waals surface area contributed by atoms with Gasteiger partial charge in [0.25, 0.3) is 0 Å². The zero-order valence-corrected chi connectivity index (χ0v) is 15.9. The molecule has 3 nitrogen and oxygen atoms in total. The van der Waals surface area contributed by atoms with Crippen molar-refractivity contribution in [2.75, 3.05) is 0 Å². The van der Waals surface area contributed by atoms with Gasteiger partial charge in [-0.3, -0.25) is 0 Å². The largest absolute Gasteiger partial charge is 0.303 e. The summed E-state index contributed by atoms with van der Waals surface area (Å²) in [5.41, 5.74) is 4.25. The zero-order chi connectivity index (χ0) is 19.1. The highest BCUT2D eigenvalue weighted by Crippen LogP contribution is 2.53. The normalized spacial score (nSPS) is 14.9. The van der Waals surface area contributed by atoms with Crippen molar-refractivity contribution in [3.8, 4) is 10.6 Å². The van der Waals surface area contributed by atoms with Crippen LogP contribution in [0.1, 0.15) is 29.7 Å². The summed E-state index contributed by atoms with van der Waals surface area (Å²) in [7, 11) is 0. The highest BCUT2D eigenvalue weighted by molar-refractivity contribution is 7.21. The molecule has 0 radical (unpaired) electrons. The van der Waals surface area contributed by atoms with Crippen molar-refractivity contribution < 1.29 is 9.18 Å². The van der Waals surface area contributed by atoms with Crippen LogP contribution >= 0.6 is 11.3 Å². The van der Waals surface area contributed by atoms with Gasteiger partial charge in [0.2, 0.25) is 0 Å². The highest BCUT2D eigenvalue weighted by atomic mass is 32.1. The lowest BCUT2D eigenvalue weighted by Gasteiger charge is -2.14. The van der Waals surface area contributed by atoms with Gasteiger partial charge < -0.3 is 4.79 Å². The van der Waals surface area contributed by atoms with Crippen molar-refractivity contribution in [1.29, 1.82) is 0 Å². The van der Waals surface area contributed by atoms with Gasteiger partial charge in [0.05, 0.1) is 5.69 Å². The van der Waals surface area contributed by atoms with E-state index in [1.807, 2.05) is 12.1 Å². The number of aldehydes is 1. The van der Waals surface area contributed by atoms with Crippen LogP contribution in [0.25, 0.3) is 20.9 Å². The number of pyridine rings is 1. The fourth-order valence-corrected chi connectivity index (χ4v) is 4.69. The number of aromatic nitrogens is 2. The fraction of sp³-hybridized carbons (Fsp3) is 0.174. The van der Waals surface area contributed by atoms with E-state index < -0.39 is 0 Å². The SMILES string of the molecule is O=CCc1ccc(-c2nc3ccc(C4(c5ccccc5)CC4)nc3s2)c(F)c1. The Labute approximate surface area is 165 Å². The quantitative estimate of drug-likeness (QED) is 0.435. The zero-order valence-electron chi connectivity index (χ0n) is 15.1. The monoisotopic (exact) mass is 388 g/mol.